The summed E-state index contributed by atoms with van der Waals surface area (Å²) in [5.74, 6) is -0.625. The number of pyridine rings is 3. The van der Waals surface area contributed by atoms with Crippen molar-refractivity contribution in [2.45, 2.75) is 13.2 Å². The third-order valence-electron chi connectivity index (χ3n) is 8.05. The first-order valence-corrected chi connectivity index (χ1v) is 17.0. The van der Waals surface area contributed by atoms with Crippen LogP contribution in [0, 0.1) is 15.3 Å². The zero-order valence-electron chi connectivity index (χ0n) is 31.2. The van der Waals surface area contributed by atoms with Gasteiger partial charge in [-0.05, 0) is 47.9 Å². The van der Waals surface area contributed by atoms with E-state index in [9.17, 15) is 14.7 Å². The molecule has 311 valence electrons. The third kappa shape index (κ3) is 13.5. The van der Waals surface area contributed by atoms with E-state index in [1.807, 2.05) is 78.9 Å². The van der Waals surface area contributed by atoms with Crippen molar-refractivity contribution in [1.82, 2.24) is 15.0 Å². The van der Waals surface area contributed by atoms with Crippen LogP contribution in [0.25, 0.3) is 32.7 Å². The summed E-state index contributed by atoms with van der Waals surface area (Å²) in [6, 6.07) is 41.5. The molecule has 0 bridgehead atoms. The van der Waals surface area contributed by atoms with Crippen LogP contribution in [0.2, 0.25) is 0 Å². The molecular formula is C43H36CuN4O12. The Labute approximate surface area is 352 Å². The maximum absolute atomic E-state index is 11.2. The molecule has 0 amide bonds. The molecule has 8 rings (SSSR count). The van der Waals surface area contributed by atoms with Gasteiger partial charge in [-0.2, -0.15) is 0 Å². The average Bonchev–Trinajstić information content (AvgIpc) is 3.23. The molecular weight excluding hydrogens is 828 g/mol. The molecule has 16 nitrogen and oxygen atoms in total. The predicted octanol–water partition coefficient (Wildman–Crippen LogP) is 6.44. The minimum absolute atomic E-state index is 0. The minimum Gasteiger partial charge on any atom is -0.871 e. The summed E-state index contributed by atoms with van der Waals surface area (Å²) >= 11 is 0. The van der Waals surface area contributed by atoms with Gasteiger partial charge in [-0.3, -0.25) is 15.0 Å². The molecule has 3 heterocycles. The van der Waals surface area contributed by atoms with Gasteiger partial charge in [-0.1, -0.05) is 103 Å². The molecule has 0 aliphatic rings. The van der Waals surface area contributed by atoms with E-state index in [0.717, 1.165) is 27.2 Å². The smallest absolute Gasteiger partial charge is 0.871 e. The van der Waals surface area contributed by atoms with Gasteiger partial charge in [0, 0.05) is 40.5 Å². The summed E-state index contributed by atoms with van der Waals surface area (Å²) in [5, 5.41) is 47.1. The molecule has 0 spiro atoms. The van der Waals surface area contributed by atoms with Crippen LogP contribution in [-0.2, 0) is 30.3 Å². The molecule has 5 aromatic carbocycles. The van der Waals surface area contributed by atoms with Gasteiger partial charge in [0.1, 0.15) is 35.7 Å². The molecule has 0 atom stereocenters. The quantitative estimate of drug-likeness (QED) is 0.0945. The third-order valence-corrected chi connectivity index (χ3v) is 8.05. The van der Waals surface area contributed by atoms with Gasteiger partial charge >= 0.3 is 29.0 Å². The predicted molar refractivity (Wildman–Crippen MR) is 218 cm³/mol. The number of aromatic nitrogens is 3. The molecule has 0 saturated heterocycles. The molecule has 0 aliphatic heterocycles. The van der Waals surface area contributed by atoms with Gasteiger partial charge in [0.15, 0.2) is 0 Å². The second-order valence-corrected chi connectivity index (χ2v) is 11.7. The zero-order valence-corrected chi connectivity index (χ0v) is 32.1. The van der Waals surface area contributed by atoms with E-state index in [2.05, 4.69) is 15.0 Å². The number of carbonyl (C=O) groups is 2. The molecule has 1 radical (unpaired) electrons. The normalized spacial score (nSPS) is 9.60. The summed E-state index contributed by atoms with van der Waals surface area (Å²) in [5.41, 5.74) is 3.88. The Balaban J connectivity index is 0.000000301. The maximum Gasteiger partial charge on any atom is 2.00 e. The van der Waals surface area contributed by atoms with E-state index in [1.54, 1.807) is 73.2 Å². The van der Waals surface area contributed by atoms with E-state index in [1.165, 1.54) is 6.07 Å². The fourth-order valence-electron chi connectivity index (χ4n) is 5.48. The van der Waals surface area contributed by atoms with Gasteiger partial charge in [0.25, 0.3) is 0 Å². The Morgan fingerprint density at radius 3 is 1.23 bits per heavy atom. The Hall–Kier alpha value is -7.69. The van der Waals surface area contributed by atoms with Crippen molar-refractivity contribution in [3.05, 3.63) is 196 Å². The van der Waals surface area contributed by atoms with Crippen LogP contribution in [-0.4, -0.2) is 53.1 Å². The van der Waals surface area contributed by atoms with Crippen molar-refractivity contribution in [2.75, 3.05) is 0 Å². The Kier molecular flexibility index (Phi) is 19.5. The van der Waals surface area contributed by atoms with Crippen LogP contribution in [0.5, 0.6) is 17.2 Å². The summed E-state index contributed by atoms with van der Waals surface area (Å²) in [6.07, 6.45) is 5.05. The van der Waals surface area contributed by atoms with Crippen molar-refractivity contribution in [3.8, 4) is 17.2 Å². The number of hydrogen-bond acceptors (Lipinski definition) is 11. The first-order valence-electron chi connectivity index (χ1n) is 17.0. The van der Waals surface area contributed by atoms with Crippen LogP contribution >= 0.6 is 0 Å². The molecule has 0 fully saturated rings. The number of benzene rings is 5. The molecule has 60 heavy (non-hydrogen) atoms. The number of hydrogen-bond donors (Lipinski definition) is 2. The second kappa shape index (κ2) is 24.2. The molecule has 0 saturated carbocycles. The van der Waals surface area contributed by atoms with Gasteiger partial charge in [0.2, 0.25) is 0 Å². The number of ether oxygens (including phenoxy) is 2. The Morgan fingerprint density at radius 2 is 0.850 bits per heavy atom. The van der Waals surface area contributed by atoms with Crippen LogP contribution in [0.15, 0.2) is 158 Å². The largest absolute Gasteiger partial charge is 2.00 e. The number of rotatable bonds is 8. The first-order chi connectivity index (χ1) is 27.6. The number of fused-ring (bicyclic) bond motifs is 3. The SMILES string of the molecule is O.O.O=C(O)c1ccccc1COc1cccc2cccnc12.O=C(O)c1ccccc1COc1cccc2cccnc12.O=[N+]([O-])[O-].[Cu+2].[O-]c1cccc2cccnc12. The van der Waals surface area contributed by atoms with Crippen molar-refractivity contribution in [3.63, 3.8) is 0 Å². The number of aromatic carboxylic acids is 2. The zero-order chi connectivity index (χ0) is 40.6. The number of para-hydroxylation sites is 3. The molecule has 8 aromatic rings. The van der Waals surface area contributed by atoms with Gasteiger partial charge in [0.05, 0.1) is 21.7 Å². The van der Waals surface area contributed by atoms with E-state index in [-0.39, 0.29) is 58.1 Å². The number of nitrogens with zero attached hydrogens (tertiary/aromatic N) is 4. The summed E-state index contributed by atoms with van der Waals surface area (Å²) in [4.78, 5) is 43.2. The first kappa shape index (κ1) is 48.5. The Bertz CT molecular complexity index is 2490. The van der Waals surface area contributed by atoms with Gasteiger partial charge in [-0.25, -0.2) is 9.59 Å². The number of carboxylic acid groups (broad SMARTS) is 2. The minimum atomic E-state index is -1.75. The Morgan fingerprint density at radius 1 is 0.517 bits per heavy atom. The van der Waals surface area contributed by atoms with Crippen molar-refractivity contribution in [2.24, 2.45) is 0 Å². The maximum atomic E-state index is 11.2. The van der Waals surface area contributed by atoms with Crippen molar-refractivity contribution < 1.29 is 67.5 Å². The average molecular weight is 864 g/mol. The van der Waals surface area contributed by atoms with Crippen molar-refractivity contribution >= 4 is 44.6 Å². The summed E-state index contributed by atoms with van der Waals surface area (Å²) < 4.78 is 11.5. The van der Waals surface area contributed by atoms with Crippen LogP contribution in [0.4, 0.5) is 0 Å². The summed E-state index contributed by atoms with van der Waals surface area (Å²) in [7, 11) is 0. The van der Waals surface area contributed by atoms with Crippen LogP contribution in [0.3, 0.4) is 0 Å². The van der Waals surface area contributed by atoms with Gasteiger partial charge < -0.3 is 51.1 Å². The fourth-order valence-corrected chi connectivity index (χ4v) is 5.48. The standard InChI is InChI=1S/2C17H13NO3.C9H7NO.Cu.NO3.2H2O/c2*19-17(20)14-8-2-1-5-13(14)11-21-15-9-3-6-12-7-4-10-18-16(12)15;11-8-5-1-3-7-4-2-6-10-9(7)8;;2-1(3)4;;/h2*1-10H,11H2,(H,19,20);1-6,11H;;;2*1H2/q;;;+2;-1;;/p-1. The molecule has 17 heteroatoms. The van der Waals surface area contributed by atoms with Gasteiger partial charge in [-0.15, -0.1) is 0 Å². The van der Waals surface area contributed by atoms with E-state index in [0.29, 0.717) is 28.1 Å². The molecule has 6 N–H and O–H groups in total. The number of carboxylic acids is 2. The van der Waals surface area contributed by atoms with E-state index < -0.39 is 17.0 Å². The summed E-state index contributed by atoms with van der Waals surface area (Å²) in [6.45, 7) is 0.385. The fraction of sp³-hybridized carbons (Fsp3) is 0.0465. The van der Waals surface area contributed by atoms with Crippen molar-refractivity contribution in [1.29, 1.82) is 0 Å². The monoisotopic (exact) mass is 863 g/mol. The molecule has 0 aliphatic carbocycles. The van der Waals surface area contributed by atoms with E-state index >= 15 is 0 Å². The van der Waals surface area contributed by atoms with E-state index in [4.69, 9.17) is 35.0 Å². The van der Waals surface area contributed by atoms with Crippen LogP contribution in [0.1, 0.15) is 31.8 Å². The molecule has 3 aromatic heterocycles. The second-order valence-electron chi connectivity index (χ2n) is 11.7. The topological polar surface area (TPSA) is 284 Å². The molecule has 0 unspecified atom stereocenters. The van der Waals surface area contributed by atoms with Crippen LogP contribution < -0.4 is 14.6 Å².